The maximum Gasteiger partial charge on any atom is 0.416 e. The first-order chi connectivity index (χ1) is 22.3. The molecule has 47 heavy (non-hydrogen) atoms. The van der Waals surface area contributed by atoms with Gasteiger partial charge in [-0.15, -0.1) is 0 Å². The van der Waals surface area contributed by atoms with Crippen LogP contribution >= 0.6 is 0 Å². The van der Waals surface area contributed by atoms with Gasteiger partial charge >= 0.3 is 18.2 Å². The van der Waals surface area contributed by atoms with Gasteiger partial charge in [0.1, 0.15) is 17.6 Å². The second-order valence-electron chi connectivity index (χ2n) is 11.4. The molecule has 0 aliphatic carbocycles. The molecule has 3 aromatic carbocycles. The van der Waals surface area contributed by atoms with Gasteiger partial charge in [-0.3, -0.25) is 4.79 Å². The molecule has 0 aromatic heterocycles. The number of ether oxygens (including phenoxy) is 2. The number of benzene rings is 3. The van der Waals surface area contributed by atoms with Gasteiger partial charge in [-0.2, -0.15) is 13.2 Å². The fourth-order valence-corrected chi connectivity index (χ4v) is 5.01. The number of nitrogens with zero attached hydrogens (tertiary/aromatic N) is 2. The van der Waals surface area contributed by atoms with Crippen LogP contribution in [0.15, 0.2) is 66.7 Å². The number of carbonyl (C=O) groups excluding carboxylic acids is 3. The van der Waals surface area contributed by atoms with E-state index in [0.29, 0.717) is 28.4 Å². The van der Waals surface area contributed by atoms with Crippen LogP contribution in [0, 0.1) is 5.92 Å². The zero-order valence-corrected chi connectivity index (χ0v) is 26.4. The summed E-state index contributed by atoms with van der Waals surface area (Å²) in [6.45, 7) is 3.61. The van der Waals surface area contributed by atoms with Crippen LogP contribution in [0.5, 0.6) is 11.5 Å². The molecule has 0 radical (unpaired) electrons. The summed E-state index contributed by atoms with van der Waals surface area (Å²) in [6.07, 6.45) is -5.20. The topological polar surface area (TPSA) is 132 Å². The Bertz CT molecular complexity index is 1550. The summed E-state index contributed by atoms with van der Waals surface area (Å²) in [5, 5.41) is 18.0. The molecule has 0 unspecified atom stereocenters. The van der Waals surface area contributed by atoms with Crippen LogP contribution in [0.25, 0.3) is 0 Å². The summed E-state index contributed by atoms with van der Waals surface area (Å²) >= 11 is 0. The van der Waals surface area contributed by atoms with Crippen molar-refractivity contribution in [3.8, 4) is 11.5 Å². The molecule has 0 saturated carbocycles. The zero-order valence-electron chi connectivity index (χ0n) is 26.4. The number of hydrogen-bond donors (Lipinski definition) is 4. The van der Waals surface area contributed by atoms with Crippen molar-refractivity contribution < 1.29 is 42.1 Å². The van der Waals surface area contributed by atoms with E-state index in [4.69, 9.17) is 9.47 Å². The Balaban J connectivity index is 1.52. The fraction of sp³-hybridized carbons (Fsp3) is 0.364. The molecule has 3 aromatic rings. The van der Waals surface area contributed by atoms with Crippen molar-refractivity contribution in [2.75, 3.05) is 49.8 Å². The summed E-state index contributed by atoms with van der Waals surface area (Å²) in [7, 11) is 3.07. The predicted octanol–water partition coefficient (Wildman–Crippen LogP) is 5.67. The van der Waals surface area contributed by atoms with Crippen molar-refractivity contribution in [2.45, 2.75) is 38.6 Å². The maximum absolute atomic E-state index is 13.5. The second kappa shape index (κ2) is 15.1. The molecule has 1 heterocycles. The van der Waals surface area contributed by atoms with E-state index in [1.54, 1.807) is 61.4 Å². The van der Waals surface area contributed by atoms with Crippen LogP contribution in [-0.4, -0.2) is 78.9 Å². The Morgan fingerprint density at radius 1 is 1.02 bits per heavy atom. The van der Waals surface area contributed by atoms with Gasteiger partial charge in [-0.05, 0) is 73.7 Å². The van der Waals surface area contributed by atoms with E-state index in [0.717, 1.165) is 12.1 Å². The number of fused-ring (bicyclic) bond motifs is 1. The molecule has 252 valence electrons. The number of aliphatic hydroxyl groups is 1. The second-order valence-corrected chi connectivity index (χ2v) is 11.4. The third-order valence-corrected chi connectivity index (χ3v) is 7.79. The van der Waals surface area contributed by atoms with E-state index in [-0.39, 0.29) is 43.6 Å². The SMILES string of the molecule is COc1ccc(NC(=O)Nc2ccc3c(c2)CC(=O)N([C@H](C)CO)C[C@H](C)[C@H](CN(C)C(=O)Nc2ccc(C(F)(F)F)cc2)O3)cc1. The third-order valence-electron chi connectivity index (χ3n) is 7.79. The number of nitrogens with one attached hydrogen (secondary N) is 3. The molecule has 4 N–H and O–H groups in total. The van der Waals surface area contributed by atoms with E-state index >= 15 is 0 Å². The van der Waals surface area contributed by atoms with E-state index in [9.17, 15) is 32.7 Å². The molecule has 11 nitrogen and oxygen atoms in total. The molecule has 3 atom stereocenters. The van der Waals surface area contributed by atoms with Crippen LogP contribution in [0.4, 0.5) is 39.8 Å². The Morgan fingerprint density at radius 2 is 1.62 bits per heavy atom. The van der Waals surface area contributed by atoms with Crippen molar-refractivity contribution in [1.29, 1.82) is 0 Å². The lowest BCUT2D eigenvalue weighted by Gasteiger charge is -2.34. The lowest BCUT2D eigenvalue weighted by atomic mass is 10.0. The number of aliphatic hydroxyl groups excluding tert-OH is 1. The van der Waals surface area contributed by atoms with Crippen LogP contribution in [0.1, 0.15) is 25.0 Å². The van der Waals surface area contributed by atoms with E-state index in [2.05, 4.69) is 16.0 Å². The van der Waals surface area contributed by atoms with Gasteiger partial charge in [0, 0.05) is 42.1 Å². The first-order valence-electron chi connectivity index (χ1n) is 14.9. The Hall–Kier alpha value is -4.98. The monoisotopic (exact) mass is 657 g/mol. The largest absolute Gasteiger partial charge is 0.497 e. The molecule has 0 fully saturated rings. The average molecular weight is 658 g/mol. The first kappa shape index (κ1) is 34.9. The molecule has 14 heteroatoms. The van der Waals surface area contributed by atoms with E-state index in [1.165, 1.54) is 24.1 Å². The summed E-state index contributed by atoms with van der Waals surface area (Å²) in [6, 6.07) is 14.2. The van der Waals surface area contributed by atoms with Crippen molar-refractivity contribution >= 4 is 35.0 Å². The Morgan fingerprint density at radius 3 is 2.23 bits per heavy atom. The van der Waals surface area contributed by atoms with Crippen molar-refractivity contribution in [3.63, 3.8) is 0 Å². The van der Waals surface area contributed by atoms with E-state index in [1.807, 2.05) is 6.92 Å². The number of halogens is 3. The smallest absolute Gasteiger partial charge is 0.416 e. The Labute approximate surface area is 270 Å². The minimum atomic E-state index is -4.50. The van der Waals surface area contributed by atoms with Gasteiger partial charge in [0.05, 0.1) is 38.3 Å². The number of urea groups is 2. The molecule has 1 aliphatic heterocycles. The highest BCUT2D eigenvalue weighted by atomic mass is 19.4. The molecule has 5 amide bonds. The molecule has 4 rings (SSSR count). The van der Waals surface area contributed by atoms with Gasteiger partial charge < -0.3 is 40.3 Å². The third kappa shape index (κ3) is 9.28. The van der Waals surface area contributed by atoms with Gasteiger partial charge in [-0.25, -0.2) is 9.59 Å². The lowest BCUT2D eigenvalue weighted by Crippen LogP contribution is -2.48. The minimum Gasteiger partial charge on any atom is -0.497 e. The van der Waals surface area contributed by atoms with Gasteiger partial charge in [0.15, 0.2) is 0 Å². The fourth-order valence-electron chi connectivity index (χ4n) is 5.01. The van der Waals surface area contributed by atoms with Gasteiger partial charge in [0.2, 0.25) is 5.91 Å². The predicted molar refractivity (Wildman–Crippen MR) is 171 cm³/mol. The van der Waals surface area contributed by atoms with Crippen molar-refractivity contribution in [3.05, 3.63) is 77.9 Å². The number of alkyl halides is 3. The standard InChI is InChI=1S/C33H38F3N5O6/c1-20-17-41(21(2)19-42)30(43)16-22-15-26(38-31(44)37-24-9-12-27(46-4)13-10-24)11-14-28(22)47-29(20)18-40(3)32(45)39-25-7-5-23(6-8-25)33(34,35)36/h5-15,20-21,29,42H,16-19H2,1-4H3,(H,39,45)(H2,37,38,44)/t20-,21+,29-/m0/s1. The maximum atomic E-state index is 13.5. The minimum absolute atomic E-state index is 0.0624. The normalized spacial score (nSPS) is 17.2. The van der Waals surface area contributed by atoms with Crippen molar-refractivity contribution in [1.82, 2.24) is 9.80 Å². The molecular weight excluding hydrogens is 619 g/mol. The molecule has 0 spiro atoms. The highest BCUT2D eigenvalue weighted by Gasteiger charge is 2.32. The molecule has 1 aliphatic rings. The molecule has 0 saturated heterocycles. The molecular formula is C33H38F3N5O6. The van der Waals surface area contributed by atoms with Crippen LogP contribution in [0.2, 0.25) is 0 Å². The number of likely N-dealkylation sites (N-methyl/N-ethyl adjacent to an activating group) is 1. The highest BCUT2D eigenvalue weighted by molar-refractivity contribution is 6.00. The number of hydrogen-bond acceptors (Lipinski definition) is 6. The molecule has 0 bridgehead atoms. The summed E-state index contributed by atoms with van der Waals surface area (Å²) in [5.41, 5.74) is 0.797. The Kier molecular flexibility index (Phi) is 11.2. The average Bonchev–Trinajstić information content (AvgIpc) is 3.08. The number of anilines is 3. The van der Waals surface area contributed by atoms with Gasteiger partial charge in [0.25, 0.3) is 0 Å². The number of carbonyl (C=O) groups is 3. The summed E-state index contributed by atoms with van der Waals surface area (Å²) in [5.74, 6) is 0.457. The summed E-state index contributed by atoms with van der Waals surface area (Å²) in [4.78, 5) is 42.1. The number of rotatable bonds is 8. The van der Waals surface area contributed by atoms with E-state index < -0.39 is 35.9 Å². The summed E-state index contributed by atoms with van der Waals surface area (Å²) < 4.78 is 50.4. The van der Waals surface area contributed by atoms with Crippen LogP contribution < -0.4 is 25.4 Å². The quantitative estimate of drug-likeness (QED) is 0.247. The zero-order chi connectivity index (χ0) is 34.3. The first-order valence-corrected chi connectivity index (χ1v) is 14.9. The number of methoxy groups -OCH3 is 1. The van der Waals surface area contributed by atoms with Crippen LogP contribution in [-0.2, 0) is 17.4 Å². The highest BCUT2D eigenvalue weighted by Crippen LogP contribution is 2.31. The van der Waals surface area contributed by atoms with Crippen LogP contribution in [0.3, 0.4) is 0 Å². The lowest BCUT2D eigenvalue weighted by molar-refractivity contribution is -0.137. The number of amides is 5. The van der Waals surface area contributed by atoms with Crippen molar-refractivity contribution in [2.24, 2.45) is 5.92 Å². The van der Waals surface area contributed by atoms with Gasteiger partial charge in [-0.1, -0.05) is 6.92 Å².